The van der Waals surface area contributed by atoms with Gasteiger partial charge in [0.25, 0.3) is 0 Å². The van der Waals surface area contributed by atoms with Crippen LogP contribution in [0.25, 0.3) is 5.82 Å². The molecular weight excluding hydrogens is 465 g/mol. The molecule has 0 bridgehead atoms. The summed E-state index contributed by atoms with van der Waals surface area (Å²) in [6.07, 6.45) is -3.40. The lowest BCUT2D eigenvalue weighted by molar-refractivity contribution is -0.274. The average Bonchev–Trinajstić information content (AvgIpc) is 3.13. The molecule has 0 unspecified atom stereocenters. The third kappa shape index (κ3) is 6.47. The smallest absolute Gasteiger partial charge is 0.439 e. The minimum Gasteiger partial charge on any atom is -0.439 e. The van der Waals surface area contributed by atoms with Crippen LogP contribution in [0, 0.1) is 13.8 Å². The van der Waals surface area contributed by atoms with Gasteiger partial charge in [-0.25, -0.2) is 19.4 Å². The van der Waals surface area contributed by atoms with Crippen molar-refractivity contribution in [2.45, 2.75) is 20.2 Å². The number of halogens is 3. The lowest BCUT2D eigenvalue weighted by Gasteiger charge is -2.11. The number of ether oxygens (including phenoxy) is 2. The maximum absolute atomic E-state index is 12.2. The maximum atomic E-state index is 12.2. The topological polar surface area (TPSA) is 103 Å². The highest BCUT2D eigenvalue weighted by atomic mass is 19.4. The highest BCUT2D eigenvalue weighted by Gasteiger charge is 2.30. The summed E-state index contributed by atoms with van der Waals surface area (Å²) >= 11 is 0. The predicted molar refractivity (Wildman–Crippen MR) is 121 cm³/mol. The van der Waals surface area contributed by atoms with Crippen molar-refractivity contribution in [3.05, 3.63) is 78.4 Å². The Morgan fingerprint density at radius 3 is 2.03 bits per heavy atom. The largest absolute Gasteiger partial charge is 0.573 e. The number of amides is 2. The van der Waals surface area contributed by atoms with Crippen LogP contribution in [0.1, 0.15) is 11.4 Å². The molecule has 4 rings (SSSR count). The fraction of sp³-hybridized carbons (Fsp3) is 0.130. The van der Waals surface area contributed by atoms with E-state index in [2.05, 4.69) is 30.4 Å². The minimum absolute atomic E-state index is 0.291. The van der Waals surface area contributed by atoms with Crippen LogP contribution < -0.4 is 20.1 Å². The zero-order chi connectivity index (χ0) is 25.0. The molecule has 0 atom stereocenters. The highest BCUT2D eigenvalue weighted by Crippen LogP contribution is 2.25. The summed E-state index contributed by atoms with van der Waals surface area (Å²) in [5.74, 6) is 0.978. The number of aromatic nitrogens is 4. The van der Waals surface area contributed by atoms with Gasteiger partial charge < -0.3 is 20.1 Å². The van der Waals surface area contributed by atoms with Gasteiger partial charge in [0.2, 0.25) is 5.88 Å². The van der Waals surface area contributed by atoms with Crippen molar-refractivity contribution < 1.29 is 27.4 Å². The van der Waals surface area contributed by atoms with Gasteiger partial charge in [0, 0.05) is 23.1 Å². The minimum atomic E-state index is -4.78. The molecule has 0 aliphatic carbocycles. The first kappa shape index (κ1) is 23.5. The second kappa shape index (κ2) is 9.71. The molecule has 0 aliphatic rings. The van der Waals surface area contributed by atoms with E-state index in [0.29, 0.717) is 28.8 Å². The number of carbonyl (C=O) groups excluding carboxylic acids is 1. The molecule has 0 radical (unpaired) electrons. The van der Waals surface area contributed by atoms with Crippen LogP contribution >= 0.6 is 0 Å². The SMILES string of the molecule is Cc1cc(C)n(-c2cc(Oc3ccc(NC(=O)Nc4ccc(OC(F)(F)F)cc4)cc3)ncn2)n1. The molecule has 2 N–H and O–H groups in total. The van der Waals surface area contributed by atoms with Crippen molar-refractivity contribution in [2.24, 2.45) is 0 Å². The molecule has 2 aromatic heterocycles. The van der Waals surface area contributed by atoms with Gasteiger partial charge in [0.15, 0.2) is 5.82 Å². The van der Waals surface area contributed by atoms with Gasteiger partial charge in [-0.15, -0.1) is 13.2 Å². The van der Waals surface area contributed by atoms with E-state index in [4.69, 9.17) is 4.74 Å². The van der Waals surface area contributed by atoms with Crippen LogP contribution in [0.15, 0.2) is 67.0 Å². The lowest BCUT2D eigenvalue weighted by atomic mass is 10.3. The number of anilines is 2. The first-order valence-corrected chi connectivity index (χ1v) is 10.2. The van der Waals surface area contributed by atoms with Crippen LogP contribution in [0.2, 0.25) is 0 Å². The molecule has 4 aromatic rings. The van der Waals surface area contributed by atoms with Gasteiger partial charge >= 0.3 is 12.4 Å². The zero-order valence-corrected chi connectivity index (χ0v) is 18.5. The van der Waals surface area contributed by atoms with Crippen molar-refractivity contribution in [3.8, 4) is 23.2 Å². The standard InChI is InChI=1S/C23H19F3N6O3/c1-14-11-15(2)32(31-14)20-12-21(28-13-27-20)34-18-7-3-16(4-8-18)29-22(33)30-17-5-9-19(10-6-17)35-23(24,25)26/h3-13H,1-2H3,(H2,29,30,33). The number of aryl methyl sites for hydroxylation is 2. The van der Waals surface area contributed by atoms with E-state index in [1.54, 1.807) is 35.0 Å². The third-order valence-electron chi connectivity index (χ3n) is 4.53. The van der Waals surface area contributed by atoms with E-state index in [9.17, 15) is 18.0 Å². The summed E-state index contributed by atoms with van der Waals surface area (Å²) in [5, 5.41) is 9.53. The van der Waals surface area contributed by atoms with Crippen molar-refractivity contribution in [1.82, 2.24) is 19.7 Å². The molecular formula is C23H19F3N6O3. The maximum Gasteiger partial charge on any atom is 0.573 e. The molecule has 9 nitrogen and oxygen atoms in total. The number of hydrogen-bond donors (Lipinski definition) is 2. The summed E-state index contributed by atoms with van der Waals surface area (Å²) in [4.78, 5) is 20.5. The van der Waals surface area contributed by atoms with E-state index < -0.39 is 12.4 Å². The summed E-state index contributed by atoms with van der Waals surface area (Å²) in [6, 6.07) is 14.3. The molecule has 0 saturated heterocycles. The Balaban J connectivity index is 1.34. The molecule has 2 aromatic carbocycles. The van der Waals surface area contributed by atoms with Crippen molar-refractivity contribution in [2.75, 3.05) is 10.6 Å². The summed E-state index contributed by atoms with van der Waals surface area (Å²) < 4.78 is 47.9. The first-order valence-electron chi connectivity index (χ1n) is 10.2. The Kier molecular flexibility index (Phi) is 6.53. The number of benzene rings is 2. The second-order valence-electron chi connectivity index (χ2n) is 7.33. The Labute approximate surface area is 197 Å². The van der Waals surface area contributed by atoms with Gasteiger partial charge in [-0.05, 0) is 68.4 Å². The number of hydrogen-bond acceptors (Lipinski definition) is 6. The number of nitrogens with zero attached hydrogens (tertiary/aromatic N) is 4. The van der Waals surface area contributed by atoms with Gasteiger partial charge in [0.1, 0.15) is 17.8 Å². The Morgan fingerprint density at radius 1 is 0.886 bits per heavy atom. The molecule has 2 heterocycles. The van der Waals surface area contributed by atoms with Crippen LogP contribution in [0.3, 0.4) is 0 Å². The normalized spacial score (nSPS) is 11.1. The second-order valence-corrected chi connectivity index (χ2v) is 7.33. The molecule has 35 heavy (non-hydrogen) atoms. The fourth-order valence-corrected chi connectivity index (χ4v) is 3.12. The molecule has 180 valence electrons. The highest BCUT2D eigenvalue weighted by molar-refractivity contribution is 5.99. The number of carbonyl (C=O) groups is 1. The summed E-state index contributed by atoms with van der Waals surface area (Å²) in [6.45, 7) is 3.81. The predicted octanol–water partition coefficient (Wildman–Crippen LogP) is 5.61. The van der Waals surface area contributed by atoms with Gasteiger partial charge in [0.05, 0.1) is 5.69 Å². The van der Waals surface area contributed by atoms with Gasteiger partial charge in [-0.2, -0.15) is 5.10 Å². The van der Waals surface area contributed by atoms with E-state index >= 15 is 0 Å². The van der Waals surface area contributed by atoms with Crippen molar-refractivity contribution in [1.29, 1.82) is 0 Å². The molecule has 12 heteroatoms. The van der Waals surface area contributed by atoms with Crippen molar-refractivity contribution in [3.63, 3.8) is 0 Å². The number of nitrogens with one attached hydrogen (secondary N) is 2. The molecule has 0 spiro atoms. The number of urea groups is 1. The number of alkyl halides is 3. The van der Waals surface area contributed by atoms with Gasteiger partial charge in [-0.1, -0.05) is 0 Å². The quantitative estimate of drug-likeness (QED) is 0.369. The van der Waals surface area contributed by atoms with Crippen LogP contribution in [-0.4, -0.2) is 32.1 Å². The van der Waals surface area contributed by atoms with Crippen LogP contribution in [-0.2, 0) is 0 Å². The Bertz CT molecular complexity index is 1320. The molecule has 0 fully saturated rings. The fourth-order valence-electron chi connectivity index (χ4n) is 3.12. The third-order valence-corrected chi connectivity index (χ3v) is 4.53. The Morgan fingerprint density at radius 2 is 1.49 bits per heavy atom. The monoisotopic (exact) mass is 484 g/mol. The van der Waals surface area contributed by atoms with E-state index in [0.717, 1.165) is 23.5 Å². The van der Waals surface area contributed by atoms with Gasteiger partial charge in [-0.3, -0.25) is 0 Å². The summed E-state index contributed by atoms with van der Waals surface area (Å²) in [7, 11) is 0. The lowest BCUT2D eigenvalue weighted by Crippen LogP contribution is -2.19. The van der Waals surface area contributed by atoms with Crippen LogP contribution in [0.4, 0.5) is 29.3 Å². The van der Waals surface area contributed by atoms with E-state index in [1.165, 1.54) is 18.5 Å². The summed E-state index contributed by atoms with van der Waals surface area (Å²) in [5.41, 5.74) is 2.55. The average molecular weight is 484 g/mol. The van der Waals surface area contributed by atoms with Crippen LogP contribution in [0.5, 0.6) is 17.4 Å². The molecule has 0 aliphatic heterocycles. The van der Waals surface area contributed by atoms with E-state index in [1.807, 2.05) is 19.9 Å². The zero-order valence-electron chi connectivity index (χ0n) is 18.5. The Hall–Kier alpha value is -4.61. The first-order chi connectivity index (χ1) is 16.6. The molecule has 0 saturated carbocycles. The van der Waals surface area contributed by atoms with E-state index in [-0.39, 0.29) is 5.75 Å². The number of rotatable bonds is 6. The van der Waals surface area contributed by atoms with Crippen molar-refractivity contribution >= 4 is 17.4 Å². The molecule has 2 amide bonds.